The van der Waals surface area contributed by atoms with E-state index in [9.17, 15) is 18.5 Å². The van der Waals surface area contributed by atoms with Crippen molar-refractivity contribution in [2.24, 2.45) is 0 Å². The molecule has 0 atom stereocenters. The molecule has 1 aromatic heterocycles. The van der Waals surface area contributed by atoms with E-state index >= 15 is 0 Å². The fraction of sp³-hybridized carbons (Fsp3) is 0.529. The van der Waals surface area contributed by atoms with Crippen LogP contribution in [0.15, 0.2) is 33.6 Å². The minimum atomic E-state index is -3.77. The van der Waals surface area contributed by atoms with Gasteiger partial charge in [-0.1, -0.05) is 12.5 Å². The Morgan fingerprint density at radius 1 is 1.18 bits per heavy atom. The fourth-order valence-corrected chi connectivity index (χ4v) is 4.84. The highest BCUT2D eigenvalue weighted by Crippen LogP contribution is 2.35. The standard InChI is InChI=1S/C17H21N5O5S/c23-22(24)14-5-2-6-15(11-14)28(25,26)21-9-7-20(8-10-21)12-16-18-19-17(27-16)13-3-1-4-13/h2,5-6,11,13H,1,3-4,7-10,12H2. The van der Waals surface area contributed by atoms with Gasteiger partial charge in [-0.3, -0.25) is 15.0 Å². The van der Waals surface area contributed by atoms with Crippen molar-refractivity contribution in [3.05, 3.63) is 46.2 Å². The summed E-state index contributed by atoms with van der Waals surface area (Å²) < 4.78 is 32.7. The first-order valence-electron chi connectivity index (χ1n) is 9.23. The summed E-state index contributed by atoms with van der Waals surface area (Å²) >= 11 is 0. The summed E-state index contributed by atoms with van der Waals surface area (Å²) in [6, 6.07) is 5.15. The van der Waals surface area contributed by atoms with Crippen molar-refractivity contribution in [2.75, 3.05) is 26.2 Å². The summed E-state index contributed by atoms with van der Waals surface area (Å²) in [6.07, 6.45) is 3.38. The lowest BCUT2D eigenvalue weighted by molar-refractivity contribution is -0.385. The van der Waals surface area contributed by atoms with Crippen molar-refractivity contribution in [1.29, 1.82) is 0 Å². The van der Waals surface area contributed by atoms with Gasteiger partial charge in [-0.15, -0.1) is 10.2 Å². The first kappa shape index (κ1) is 19.0. The predicted molar refractivity (Wildman–Crippen MR) is 98.0 cm³/mol. The molecule has 1 saturated heterocycles. The quantitative estimate of drug-likeness (QED) is 0.524. The zero-order valence-corrected chi connectivity index (χ0v) is 16.0. The Labute approximate surface area is 162 Å². The number of rotatable bonds is 6. The van der Waals surface area contributed by atoms with E-state index in [2.05, 4.69) is 15.1 Å². The minimum Gasteiger partial charge on any atom is -0.424 e. The van der Waals surface area contributed by atoms with E-state index in [0.717, 1.165) is 18.9 Å². The molecule has 28 heavy (non-hydrogen) atoms. The average Bonchev–Trinajstić information content (AvgIpc) is 3.08. The third-order valence-corrected chi connectivity index (χ3v) is 7.19. The van der Waals surface area contributed by atoms with Crippen molar-refractivity contribution in [3.8, 4) is 0 Å². The molecule has 1 aliphatic heterocycles. The number of benzene rings is 1. The SMILES string of the molecule is O=[N+]([O-])c1cccc(S(=O)(=O)N2CCN(Cc3nnc(C4CCC4)o3)CC2)c1. The number of piperazine rings is 1. The Bertz CT molecular complexity index is 964. The maximum atomic E-state index is 12.8. The number of sulfonamides is 1. The van der Waals surface area contributed by atoms with Crippen molar-refractivity contribution in [1.82, 2.24) is 19.4 Å². The highest BCUT2D eigenvalue weighted by molar-refractivity contribution is 7.89. The lowest BCUT2D eigenvalue weighted by atomic mass is 9.85. The largest absolute Gasteiger partial charge is 0.424 e. The molecular formula is C17H21N5O5S. The van der Waals surface area contributed by atoms with Crippen LogP contribution in [0.1, 0.15) is 37.0 Å². The Balaban J connectivity index is 1.37. The van der Waals surface area contributed by atoms with Gasteiger partial charge in [-0.05, 0) is 18.9 Å². The molecule has 1 aromatic carbocycles. The van der Waals surface area contributed by atoms with Gasteiger partial charge in [0.05, 0.1) is 16.4 Å². The third-order valence-electron chi connectivity index (χ3n) is 5.29. The van der Waals surface area contributed by atoms with Crippen LogP contribution in [0.4, 0.5) is 5.69 Å². The topological polar surface area (TPSA) is 123 Å². The number of nitro benzene ring substituents is 1. The summed E-state index contributed by atoms with van der Waals surface area (Å²) in [6.45, 7) is 2.14. The van der Waals surface area contributed by atoms with E-state index in [1.54, 1.807) is 0 Å². The molecule has 11 heteroatoms. The summed E-state index contributed by atoms with van der Waals surface area (Å²) in [5.74, 6) is 1.64. The van der Waals surface area contributed by atoms with E-state index < -0.39 is 14.9 Å². The molecule has 1 aliphatic carbocycles. The van der Waals surface area contributed by atoms with Crippen LogP contribution < -0.4 is 0 Å². The zero-order chi connectivity index (χ0) is 19.7. The van der Waals surface area contributed by atoms with Gasteiger partial charge in [-0.25, -0.2) is 8.42 Å². The van der Waals surface area contributed by atoms with E-state index in [-0.39, 0.29) is 10.6 Å². The summed E-state index contributed by atoms with van der Waals surface area (Å²) in [4.78, 5) is 12.3. The molecule has 150 valence electrons. The van der Waals surface area contributed by atoms with Gasteiger partial charge in [0.1, 0.15) is 0 Å². The van der Waals surface area contributed by atoms with E-state index in [0.29, 0.717) is 50.4 Å². The van der Waals surface area contributed by atoms with Gasteiger partial charge in [0.2, 0.25) is 21.8 Å². The predicted octanol–water partition coefficient (Wildman–Crippen LogP) is 1.75. The van der Waals surface area contributed by atoms with Gasteiger partial charge >= 0.3 is 0 Å². The lowest BCUT2D eigenvalue weighted by Crippen LogP contribution is -2.48. The maximum Gasteiger partial charge on any atom is 0.270 e. The van der Waals surface area contributed by atoms with Crippen LogP contribution in [0, 0.1) is 10.1 Å². The second-order valence-corrected chi connectivity index (χ2v) is 9.03. The lowest BCUT2D eigenvalue weighted by Gasteiger charge is -2.33. The van der Waals surface area contributed by atoms with Crippen LogP contribution in [-0.2, 0) is 16.6 Å². The monoisotopic (exact) mass is 407 g/mol. The van der Waals surface area contributed by atoms with Crippen LogP contribution in [0.2, 0.25) is 0 Å². The molecule has 0 radical (unpaired) electrons. The number of aromatic nitrogens is 2. The Kier molecular flexibility index (Phi) is 5.13. The smallest absolute Gasteiger partial charge is 0.270 e. The van der Waals surface area contributed by atoms with Crippen LogP contribution in [-0.4, -0.2) is 58.9 Å². The second-order valence-electron chi connectivity index (χ2n) is 7.10. The van der Waals surface area contributed by atoms with Crippen LogP contribution in [0.25, 0.3) is 0 Å². The highest BCUT2D eigenvalue weighted by Gasteiger charge is 2.30. The molecular weight excluding hydrogens is 386 g/mol. The molecule has 4 rings (SSSR count). The Morgan fingerprint density at radius 3 is 2.57 bits per heavy atom. The molecule has 0 bridgehead atoms. The van der Waals surface area contributed by atoms with E-state index in [1.807, 2.05) is 0 Å². The molecule has 0 unspecified atom stereocenters. The number of nitrogens with zero attached hydrogens (tertiary/aromatic N) is 5. The molecule has 2 aliphatic rings. The molecule has 10 nitrogen and oxygen atoms in total. The second kappa shape index (κ2) is 7.57. The van der Waals surface area contributed by atoms with Gasteiger partial charge < -0.3 is 4.42 Å². The molecule has 2 heterocycles. The third kappa shape index (κ3) is 3.77. The zero-order valence-electron chi connectivity index (χ0n) is 15.2. The van der Waals surface area contributed by atoms with Crippen molar-refractivity contribution >= 4 is 15.7 Å². The minimum absolute atomic E-state index is 0.0582. The number of non-ortho nitro benzene ring substituents is 1. The Hall–Kier alpha value is -2.37. The first-order chi connectivity index (χ1) is 13.4. The van der Waals surface area contributed by atoms with Gasteiger partial charge in [0.25, 0.3) is 5.69 Å². The highest BCUT2D eigenvalue weighted by atomic mass is 32.2. The van der Waals surface area contributed by atoms with E-state index in [1.165, 1.54) is 28.9 Å². The molecule has 0 amide bonds. The van der Waals surface area contributed by atoms with Crippen LogP contribution in [0.5, 0.6) is 0 Å². The fourth-order valence-electron chi connectivity index (χ4n) is 3.38. The molecule has 0 spiro atoms. The van der Waals surface area contributed by atoms with Crippen molar-refractivity contribution < 1.29 is 17.8 Å². The number of hydrogen-bond acceptors (Lipinski definition) is 8. The van der Waals surface area contributed by atoms with Crippen molar-refractivity contribution in [3.63, 3.8) is 0 Å². The average molecular weight is 407 g/mol. The number of nitro groups is 1. The molecule has 1 saturated carbocycles. The number of hydrogen-bond donors (Lipinski definition) is 0. The first-order valence-corrected chi connectivity index (χ1v) is 10.7. The van der Waals surface area contributed by atoms with Gasteiger partial charge in [0.15, 0.2) is 0 Å². The Morgan fingerprint density at radius 2 is 1.93 bits per heavy atom. The van der Waals surface area contributed by atoms with Gasteiger partial charge in [-0.2, -0.15) is 4.31 Å². The molecule has 0 N–H and O–H groups in total. The summed E-state index contributed by atoms with van der Waals surface area (Å²) in [7, 11) is -3.77. The summed E-state index contributed by atoms with van der Waals surface area (Å²) in [5.41, 5.74) is -0.238. The van der Waals surface area contributed by atoms with Crippen LogP contribution >= 0.6 is 0 Å². The van der Waals surface area contributed by atoms with E-state index in [4.69, 9.17) is 4.42 Å². The van der Waals surface area contributed by atoms with Crippen molar-refractivity contribution in [2.45, 2.75) is 36.6 Å². The summed E-state index contributed by atoms with van der Waals surface area (Å²) in [5, 5.41) is 19.1. The van der Waals surface area contributed by atoms with Gasteiger partial charge in [0, 0.05) is 44.2 Å². The molecule has 2 aromatic rings. The van der Waals surface area contributed by atoms with Crippen LogP contribution in [0.3, 0.4) is 0 Å². The maximum absolute atomic E-state index is 12.8. The molecule has 2 fully saturated rings. The normalized spacial score (nSPS) is 19.4.